The summed E-state index contributed by atoms with van der Waals surface area (Å²) in [5.74, 6) is -0.233. The number of carbonyl (C=O) groups is 1. The van der Waals surface area contributed by atoms with Crippen LogP contribution >= 0.6 is 0 Å². The predicted molar refractivity (Wildman–Crippen MR) is 85.8 cm³/mol. The van der Waals surface area contributed by atoms with Crippen molar-refractivity contribution in [1.82, 2.24) is 10.6 Å². The number of benzene rings is 1. The number of amides is 2. The van der Waals surface area contributed by atoms with Gasteiger partial charge in [-0.25, -0.2) is 9.18 Å². The number of ether oxygens (including phenoxy) is 1. The van der Waals surface area contributed by atoms with Crippen molar-refractivity contribution >= 4 is 6.03 Å². The minimum atomic E-state index is -0.791. The molecule has 0 saturated heterocycles. The first-order valence-corrected chi connectivity index (χ1v) is 8.18. The molecule has 0 aliphatic heterocycles. The molecule has 0 atom stereocenters. The monoisotopic (exact) mass is 324 g/mol. The van der Waals surface area contributed by atoms with Gasteiger partial charge in [-0.05, 0) is 37.5 Å². The lowest BCUT2D eigenvalue weighted by atomic mass is 9.85. The predicted octanol–water partition coefficient (Wildman–Crippen LogP) is 2.72. The van der Waals surface area contributed by atoms with E-state index in [1.165, 1.54) is 6.07 Å². The molecule has 1 aliphatic rings. The molecule has 0 spiro atoms. The van der Waals surface area contributed by atoms with E-state index in [0.717, 1.165) is 32.1 Å². The van der Waals surface area contributed by atoms with Crippen LogP contribution in [0.25, 0.3) is 0 Å². The molecular weight excluding hydrogens is 299 g/mol. The SMILES string of the molecule is CCOc1ccc(CNC(=O)NCC2(O)CCCCC2)cc1F. The van der Waals surface area contributed by atoms with Gasteiger partial charge in [0.1, 0.15) is 0 Å². The van der Waals surface area contributed by atoms with Crippen molar-refractivity contribution in [1.29, 1.82) is 0 Å². The van der Waals surface area contributed by atoms with Crippen molar-refractivity contribution in [2.24, 2.45) is 0 Å². The van der Waals surface area contributed by atoms with Crippen LogP contribution in [-0.2, 0) is 6.54 Å². The van der Waals surface area contributed by atoms with E-state index in [1.54, 1.807) is 19.1 Å². The van der Waals surface area contributed by atoms with E-state index in [1.807, 2.05) is 0 Å². The van der Waals surface area contributed by atoms with Crippen LogP contribution in [0, 0.1) is 5.82 Å². The molecular formula is C17H25FN2O3. The van der Waals surface area contributed by atoms with Crippen molar-refractivity contribution in [3.05, 3.63) is 29.6 Å². The highest BCUT2D eigenvalue weighted by Gasteiger charge is 2.29. The van der Waals surface area contributed by atoms with Crippen molar-refractivity contribution < 1.29 is 19.0 Å². The number of hydrogen-bond donors (Lipinski definition) is 3. The van der Waals surface area contributed by atoms with Gasteiger partial charge in [-0.1, -0.05) is 25.3 Å². The molecule has 0 unspecified atom stereocenters. The Morgan fingerprint density at radius 1 is 1.30 bits per heavy atom. The number of halogens is 1. The normalized spacial score (nSPS) is 16.7. The Hall–Kier alpha value is -1.82. The Morgan fingerprint density at radius 2 is 2.04 bits per heavy atom. The molecule has 2 amide bonds. The van der Waals surface area contributed by atoms with Crippen LogP contribution < -0.4 is 15.4 Å². The maximum Gasteiger partial charge on any atom is 0.315 e. The molecule has 0 radical (unpaired) electrons. The number of hydrogen-bond acceptors (Lipinski definition) is 3. The van der Waals surface area contributed by atoms with Gasteiger partial charge in [0.2, 0.25) is 0 Å². The van der Waals surface area contributed by atoms with E-state index < -0.39 is 11.4 Å². The standard InChI is InChI=1S/C17H25FN2O3/c1-2-23-15-7-6-13(10-14(15)18)11-19-16(21)20-12-17(22)8-4-3-5-9-17/h6-7,10,22H,2-5,8-9,11-12H2,1H3,(H2,19,20,21). The summed E-state index contributed by atoms with van der Waals surface area (Å²) in [6.07, 6.45) is 4.56. The van der Waals surface area contributed by atoms with Crippen LogP contribution in [0.3, 0.4) is 0 Å². The van der Waals surface area contributed by atoms with Crippen molar-refractivity contribution in [3.8, 4) is 5.75 Å². The highest BCUT2D eigenvalue weighted by Crippen LogP contribution is 2.27. The van der Waals surface area contributed by atoms with Gasteiger partial charge in [0.05, 0.1) is 12.2 Å². The first kappa shape index (κ1) is 17.5. The molecule has 6 heteroatoms. The minimum Gasteiger partial charge on any atom is -0.491 e. The Morgan fingerprint density at radius 3 is 2.70 bits per heavy atom. The van der Waals surface area contributed by atoms with Crippen LogP contribution in [0.15, 0.2) is 18.2 Å². The summed E-state index contributed by atoms with van der Waals surface area (Å²) in [6.45, 7) is 2.66. The number of aliphatic hydroxyl groups is 1. The lowest BCUT2D eigenvalue weighted by Crippen LogP contribution is -2.47. The average molecular weight is 324 g/mol. The maximum absolute atomic E-state index is 13.7. The van der Waals surface area contributed by atoms with Gasteiger partial charge in [0.25, 0.3) is 0 Å². The van der Waals surface area contributed by atoms with Crippen molar-refractivity contribution in [2.45, 2.75) is 51.2 Å². The van der Waals surface area contributed by atoms with Crippen LogP contribution in [0.4, 0.5) is 9.18 Å². The quantitative estimate of drug-likeness (QED) is 0.753. The fraction of sp³-hybridized carbons (Fsp3) is 0.588. The molecule has 5 nitrogen and oxygen atoms in total. The Labute approximate surface area is 136 Å². The van der Waals surface area contributed by atoms with Gasteiger partial charge in [0, 0.05) is 13.1 Å². The van der Waals surface area contributed by atoms with Crippen molar-refractivity contribution in [2.75, 3.05) is 13.2 Å². The molecule has 2 rings (SSSR count). The Kier molecular flexibility index (Phi) is 6.21. The average Bonchev–Trinajstić information content (AvgIpc) is 2.54. The van der Waals surface area contributed by atoms with Gasteiger partial charge in [-0.15, -0.1) is 0 Å². The summed E-state index contributed by atoms with van der Waals surface area (Å²) < 4.78 is 18.8. The van der Waals surface area contributed by atoms with E-state index >= 15 is 0 Å². The number of urea groups is 1. The molecule has 1 aromatic rings. The molecule has 0 aromatic heterocycles. The van der Waals surface area contributed by atoms with Crippen LogP contribution in [0.5, 0.6) is 5.75 Å². The molecule has 0 bridgehead atoms. The van der Waals surface area contributed by atoms with Gasteiger partial charge in [-0.3, -0.25) is 0 Å². The van der Waals surface area contributed by atoms with Gasteiger partial charge >= 0.3 is 6.03 Å². The zero-order chi connectivity index (χ0) is 16.7. The smallest absolute Gasteiger partial charge is 0.315 e. The largest absolute Gasteiger partial charge is 0.491 e. The Balaban J connectivity index is 1.76. The third-order valence-corrected chi connectivity index (χ3v) is 4.11. The molecule has 1 fully saturated rings. The summed E-state index contributed by atoms with van der Waals surface area (Å²) in [5.41, 5.74) is -0.140. The van der Waals surface area contributed by atoms with E-state index in [4.69, 9.17) is 4.74 Å². The van der Waals surface area contributed by atoms with Crippen LogP contribution in [0.1, 0.15) is 44.6 Å². The highest BCUT2D eigenvalue weighted by atomic mass is 19.1. The van der Waals surface area contributed by atoms with Gasteiger partial charge < -0.3 is 20.5 Å². The first-order valence-electron chi connectivity index (χ1n) is 8.18. The summed E-state index contributed by atoms with van der Waals surface area (Å²) in [7, 11) is 0. The second-order valence-corrected chi connectivity index (χ2v) is 6.02. The molecule has 1 aliphatic carbocycles. The molecule has 1 saturated carbocycles. The summed E-state index contributed by atoms with van der Waals surface area (Å²) in [6, 6.07) is 4.25. The molecule has 128 valence electrons. The minimum absolute atomic E-state index is 0.209. The fourth-order valence-electron chi connectivity index (χ4n) is 2.80. The van der Waals surface area contributed by atoms with E-state index in [9.17, 15) is 14.3 Å². The summed E-state index contributed by atoms with van der Waals surface area (Å²) >= 11 is 0. The first-order chi connectivity index (χ1) is 11.0. The zero-order valence-corrected chi connectivity index (χ0v) is 13.5. The maximum atomic E-state index is 13.7. The zero-order valence-electron chi connectivity index (χ0n) is 13.5. The third-order valence-electron chi connectivity index (χ3n) is 4.11. The van der Waals surface area contributed by atoms with Crippen molar-refractivity contribution in [3.63, 3.8) is 0 Å². The fourth-order valence-corrected chi connectivity index (χ4v) is 2.80. The van der Waals surface area contributed by atoms with Crippen LogP contribution in [-0.4, -0.2) is 29.9 Å². The van der Waals surface area contributed by atoms with Gasteiger partial charge in [0.15, 0.2) is 11.6 Å². The van der Waals surface area contributed by atoms with E-state index in [0.29, 0.717) is 12.2 Å². The summed E-state index contributed by atoms with van der Waals surface area (Å²) in [4.78, 5) is 11.8. The molecule has 23 heavy (non-hydrogen) atoms. The number of nitrogens with one attached hydrogen (secondary N) is 2. The van der Waals surface area contributed by atoms with E-state index in [2.05, 4.69) is 10.6 Å². The molecule has 3 N–H and O–H groups in total. The van der Waals surface area contributed by atoms with Crippen LogP contribution in [0.2, 0.25) is 0 Å². The topological polar surface area (TPSA) is 70.6 Å². The second kappa shape index (κ2) is 8.15. The number of carbonyl (C=O) groups excluding carboxylic acids is 1. The van der Waals surface area contributed by atoms with Gasteiger partial charge in [-0.2, -0.15) is 0 Å². The highest BCUT2D eigenvalue weighted by molar-refractivity contribution is 5.73. The lowest BCUT2D eigenvalue weighted by Gasteiger charge is -2.32. The number of rotatable bonds is 6. The summed E-state index contributed by atoms with van der Waals surface area (Å²) in [5, 5.41) is 15.7. The van der Waals surface area contributed by atoms with E-state index in [-0.39, 0.29) is 24.9 Å². The second-order valence-electron chi connectivity index (χ2n) is 6.02. The lowest BCUT2D eigenvalue weighted by molar-refractivity contribution is 0.00719. The molecule has 1 aromatic carbocycles. The Bertz CT molecular complexity index is 531. The molecule has 0 heterocycles. The third kappa shape index (κ3) is 5.39.